The fraction of sp³-hybridized carbons (Fsp3) is 0.565. The standard InChI is InChI=1S/C23H31FN6O2/c1-22(2,3)19-27-20(25)29-21(28-19)26-10-16-11-30(13-23(16)7-4-8-23)18(32)14-5-6-15(12-31)17(24)9-14/h5-6,9,16,31H,4,7-8,10-13H2,1-3H3,(H3,25,26,27,28,29). The Bertz CT molecular complexity index is 1020. The number of aliphatic hydroxyl groups is 1. The van der Waals surface area contributed by atoms with Crippen molar-refractivity contribution >= 4 is 17.8 Å². The number of halogens is 1. The number of amides is 1. The van der Waals surface area contributed by atoms with Gasteiger partial charge in [-0.25, -0.2) is 4.39 Å². The molecule has 1 saturated heterocycles. The van der Waals surface area contributed by atoms with Crippen molar-refractivity contribution in [2.24, 2.45) is 11.3 Å². The molecule has 32 heavy (non-hydrogen) atoms. The Balaban J connectivity index is 1.48. The van der Waals surface area contributed by atoms with E-state index in [1.807, 2.05) is 25.7 Å². The molecule has 4 N–H and O–H groups in total. The summed E-state index contributed by atoms with van der Waals surface area (Å²) in [5.74, 6) is 0.753. The van der Waals surface area contributed by atoms with Crippen LogP contribution in [0, 0.1) is 17.2 Å². The minimum atomic E-state index is -0.559. The molecular formula is C23H31FN6O2. The summed E-state index contributed by atoms with van der Waals surface area (Å²) in [6.07, 6.45) is 3.27. The maximum atomic E-state index is 14.1. The van der Waals surface area contributed by atoms with Gasteiger partial charge >= 0.3 is 0 Å². The van der Waals surface area contributed by atoms with Gasteiger partial charge in [0, 0.05) is 42.1 Å². The predicted molar refractivity (Wildman–Crippen MR) is 119 cm³/mol. The van der Waals surface area contributed by atoms with Crippen LogP contribution in [0.5, 0.6) is 0 Å². The van der Waals surface area contributed by atoms with Crippen molar-refractivity contribution in [2.75, 3.05) is 30.7 Å². The third-order valence-electron chi connectivity index (χ3n) is 6.75. The molecule has 0 radical (unpaired) electrons. The molecule has 1 aromatic heterocycles. The second-order valence-electron chi connectivity index (χ2n) is 10.0. The highest BCUT2D eigenvalue weighted by molar-refractivity contribution is 5.94. The van der Waals surface area contributed by atoms with E-state index >= 15 is 0 Å². The number of carbonyl (C=O) groups is 1. The average molecular weight is 443 g/mol. The van der Waals surface area contributed by atoms with Crippen molar-refractivity contribution in [3.63, 3.8) is 0 Å². The largest absolute Gasteiger partial charge is 0.392 e. The summed E-state index contributed by atoms with van der Waals surface area (Å²) in [5.41, 5.74) is 6.20. The van der Waals surface area contributed by atoms with Gasteiger partial charge in [-0.05, 0) is 30.4 Å². The zero-order chi connectivity index (χ0) is 23.1. The molecule has 8 nitrogen and oxygen atoms in total. The van der Waals surface area contributed by atoms with Crippen molar-refractivity contribution in [3.05, 3.63) is 41.0 Å². The van der Waals surface area contributed by atoms with Gasteiger partial charge in [0.15, 0.2) is 0 Å². The highest BCUT2D eigenvalue weighted by Gasteiger charge is 2.51. The van der Waals surface area contributed by atoms with Gasteiger partial charge in [-0.15, -0.1) is 0 Å². The van der Waals surface area contributed by atoms with Crippen LogP contribution in [0.3, 0.4) is 0 Å². The number of carbonyl (C=O) groups excluding carboxylic acids is 1. The Labute approximate surface area is 187 Å². The summed E-state index contributed by atoms with van der Waals surface area (Å²) in [5, 5.41) is 12.5. The quantitative estimate of drug-likeness (QED) is 0.652. The number of nitrogens with zero attached hydrogens (tertiary/aromatic N) is 4. The number of rotatable bonds is 5. The molecule has 2 fully saturated rings. The molecule has 1 atom stereocenters. The lowest BCUT2D eigenvalue weighted by Crippen LogP contribution is -2.40. The van der Waals surface area contributed by atoms with Crippen LogP contribution < -0.4 is 11.1 Å². The number of nitrogens with two attached hydrogens (primary N) is 1. The van der Waals surface area contributed by atoms with Crippen LogP contribution in [0.25, 0.3) is 0 Å². The fourth-order valence-electron chi connectivity index (χ4n) is 4.68. The maximum Gasteiger partial charge on any atom is 0.253 e. The van der Waals surface area contributed by atoms with Gasteiger partial charge in [-0.2, -0.15) is 15.0 Å². The molecule has 1 aliphatic heterocycles. The highest BCUT2D eigenvalue weighted by Crippen LogP contribution is 2.51. The Hall–Kier alpha value is -2.81. The van der Waals surface area contributed by atoms with Crippen molar-refractivity contribution in [2.45, 2.75) is 52.1 Å². The molecule has 1 amide bonds. The monoisotopic (exact) mass is 442 g/mol. The van der Waals surface area contributed by atoms with E-state index in [0.717, 1.165) is 19.3 Å². The summed E-state index contributed by atoms with van der Waals surface area (Å²) in [6, 6.07) is 4.26. The second-order valence-corrected chi connectivity index (χ2v) is 10.0. The van der Waals surface area contributed by atoms with Crippen LogP contribution in [-0.4, -0.2) is 50.5 Å². The summed E-state index contributed by atoms with van der Waals surface area (Å²) < 4.78 is 14.1. The number of hydrogen-bond acceptors (Lipinski definition) is 7. The summed E-state index contributed by atoms with van der Waals surface area (Å²) in [4.78, 5) is 27.9. The van der Waals surface area contributed by atoms with E-state index < -0.39 is 5.82 Å². The first-order valence-electron chi connectivity index (χ1n) is 11.1. The van der Waals surface area contributed by atoms with Crippen molar-refractivity contribution in [3.8, 4) is 0 Å². The first-order chi connectivity index (χ1) is 15.1. The van der Waals surface area contributed by atoms with Crippen LogP contribution >= 0.6 is 0 Å². The van der Waals surface area contributed by atoms with Gasteiger partial charge in [0.2, 0.25) is 11.9 Å². The van der Waals surface area contributed by atoms with Gasteiger partial charge in [0.05, 0.1) is 6.61 Å². The SMILES string of the molecule is CC(C)(C)c1nc(N)nc(NCC2CN(C(=O)c3ccc(CO)c(F)c3)CC23CCC3)n1. The minimum Gasteiger partial charge on any atom is -0.392 e. The average Bonchev–Trinajstić information content (AvgIpc) is 3.11. The Morgan fingerprint density at radius 3 is 2.66 bits per heavy atom. The summed E-state index contributed by atoms with van der Waals surface area (Å²) >= 11 is 0. The fourth-order valence-corrected chi connectivity index (χ4v) is 4.68. The van der Waals surface area contributed by atoms with Crippen LogP contribution in [0.15, 0.2) is 18.2 Å². The lowest BCUT2D eigenvalue weighted by Gasteiger charge is -2.42. The molecule has 1 aromatic carbocycles. The van der Waals surface area contributed by atoms with E-state index in [4.69, 9.17) is 10.8 Å². The normalized spacial score (nSPS) is 19.8. The first-order valence-corrected chi connectivity index (χ1v) is 11.1. The third-order valence-corrected chi connectivity index (χ3v) is 6.75. The second kappa shape index (κ2) is 8.27. The van der Waals surface area contributed by atoms with Gasteiger partial charge in [-0.1, -0.05) is 33.3 Å². The van der Waals surface area contributed by atoms with E-state index in [9.17, 15) is 9.18 Å². The van der Waals surface area contributed by atoms with Crippen molar-refractivity contribution < 1.29 is 14.3 Å². The molecule has 1 unspecified atom stereocenters. The number of nitrogens with one attached hydrogen (secondary N) is 1. The van der Waals surface area contributed by atoms with Gasteiger partial charge in [-0.3, -0.25) is 4.79 Å². The molecule has 0 bridgehead atoms. The number of hydrogen-bond donors (Lipinski definition) is 3. The predicted octanol–water partition coefficient (Wildman–Crippen LogP) is 2.74. The number of nitrogen functional groups attached to an aromatic ring is 1. The molecule has 2 aromatic rings. The molecular weight excluding hydrogens is 411 g/mol. The molecule has 2 aliphatic rings. The smallest absolute Gasteiger partial charge is 0.253 e. The molecule has 172 valence electrons. The molecule has 2 heterocycles. The summed E-state index contributed by atoms with van der Waals surface area (Å²) in [7, 11) is 0. The number of benzene rings is 1. The van der Waals surface area contributed by atoms with Gasteiger partial charge in [0.25, 0.3) is 5.91 Å². The van der Waals surface area contributed by atoms with Crippen LogP contribution in [0.2, 0.25) is 0 Å². The Morgan fingerprint density at radius 1 is 1.31 bits per heavy atom. The van der Waals surface area contributed by atoms with E-state index in [-0.39, 0.29) is 40.8 Å². The lowest BCUT2D eigenvalue weighted by atomic mass is 9.63. The van der Waals surface area contributed by atoms with Gasteiger partial charge in [0.1, 0.15) is 11.6 Å². The van der Waals surface area contributed by atoms with Crippen LogP contribution in [0.1, 0.15) is 61.8 Å². The van der Waals surface area contributed by atoms with E-state index in [0.29, 0.717) is 37.0 Å². The van der Waals surface area contributed by atoms with E-state index in [1.165, 1.54) is 12.1 Å². The van der Waals surface area contributed by atoms with Crippen molar-refractivity contribution in [1.29, 1.82) is 0 Å². The molecule has 4 rings (SSSR count). The van der Waals surface area contributed by atoms with E-state index in [2.05, 4.69) is 20.3 Å². The topological polar surface area (TPSA) is 117 Å². The lowest BCUT2D eigenvalue weighted by molar-refractivity contribution is 0.0704. The van der Waals surface area contributed by atoms with Crippen molar-refractivity contribution in [1.82, 2.24) is 19.9 Å². The van der Waals surface area contributed by atoms with Crippen LogP contribution in [0.4, 0.5) is 16.3 Å². The van der Waals surface area contributed by atoms with Gasteiger partial charge < -0.3 is 21.1 Å². The molecule has 1 spiro atoms. The number of likely N-dealkylation sites (tertiary alicyclic amines) is 1. The minimum absolute atomic E-state index is 0.0671. The number of aromatic nitrogens is 3. The summed E-state index contributed by atoms with van der Waals surface area (Å²) in [6.45, 7) is 7.53. The van der Waals surface area contributed by atoms with E-state index in [1.54, 1.807) is 6.07 Å². The Kier molecular flexibility index (Phi) is 5.79. The molecule has 9 heteroatoms. The zero-order valence-electron chi connectivity index (χ0n) is 18.9. The highest BCUT2D eigenvalue weighted by atomic mass is 19.1. The Morgan fingerprint density at radius 2 is 2.06 bits per heavy atom. The van der Waals surface area contributed by atoms with Crippen LogP contribution in [-0.2, 0) is 12.0 Å². The zero-order valence-corrected chi connectivity index (χ0v) is 18.9. The number of anilines is 2. The third kappa shape index (κ3) is 4.26. The molecule has 1 saturated carbocycles. The first kappa shape index (κ1) is 22.4. The number of aliphatic hydroxyl groups excluding tert-OH is 1. The maximum absolute atomic E-state index is 14.1. The molecule has 1 aliphatic carbocycles.